The first-order valence-corrected chi connectivity index (χ1v) is 17.4. The zero-order valence-corrected chi connectivity index (χ0v) is 24.6. The van der Waals surface area contributed by atoms with E-state index in [4.69, 9.17) is 9.97 Å². The molecule has 3 heterocycles. The van der Waals surface area contributed by atoms with E-state index in [0.717, 1.165) is 33.9 Å². The molecule has 0 amide bonds. The molecule has 42 heavy (non-hydrogen) atoms. The molecule has 0 spiro atoms. The number of hydrogen-bond donors (Lipinski definition) is 0. The monoisotopic (exact) mass is 555 g/mol. The number of hydrogen-bond acceptors (Lipinski definition) is 2. The highest BCUT2D eigenvalue weighted by atomic mass is 28.3. The van der Waals surface area contributed by atoms with Gasteiger partial charge in [0.15, 0.2) is 5.82 Å². The number of rotatable bonds is 4. The second-order valence-electron chi connectivity index (χ2n) is 11.5. The summed E-state index contributed by atoms with van der Waals surface area (Å²) in [5.41, 5.74) is 10.1. The maximum Gasteiger partial charge on any atom is 0.160 e. The van der Waals surface area contributed by atoms with E-state index in [0.29, 0.717) is 0 Å². The first-order valence-electron chi connectivity index (χ1n) is 14.4. The van der Waals surface area contributed by atoms with E-state index in [-0.39, 0.29) is 0 Å². The Hall–Kier alpha value is -5.06. The summed E-state index contributed by atoms with van der Waals surface area (Å²) in [6.07, 6.45) is 0. The average molecular weight is 556 g/mol. The SMILES string of the molecule is C[Si]1(C)c2ccc(-c3nc(-c4ccccc4)cc(-c4ccccc4)n3)cc2-c2c1c1ccccc1n2-c1ccccc1. The maximum absolute atomic E-state index is 5.13. The summed E-state index contributed by atoms with van der Waals surface area (Å²) >= 11 is 0. The Morgan fingerprint density at radius 3 is 1.76 bits per heavy atom. The third-order valence-electron chi connectivity index (χ3n) is 8.59. The normalized spacial score (nSPS) is 13.2. The number of benzene rings is 5. The fourth-order valence-electron chi connectivity index (χ4n) is 6.62. The predicted octanol–water partition coefficient (Wildman–Crippen LogP) is 8.22. The summed E-state index contributed by atoms with van der Waals surface area (Å²) in [5, 5.41) is 4.34. The molecule has 0 atom stereocenters. The van der Waals surface area contributed by atoms with Crippen LogP contribution in [0, 0.1) is 0 Å². The van der Waals surface area contributed by atoms with E-state index in [1.807, 2.05) is 12.1 Å². The molecule has 0 fully saturated rings. The smallest absolute Gasteiger partial charge is 0.160 e. The van der Waals surface area contributed by atoms with Crippen LogP contribution in [0.4, 0.5) is 0 Å². The van der Waals surface area contributed by atoms with E-state index >= 15 is 0 Å². The molecule has 4 heteroatoms. The fraction of sp³-hybridized carbons (Fsp3) is 0.0526. The lowest BCUT2D eigenvalue weighted by atomic mass is 10.0. The lowest BCUT2D eigenvalue weighted by molar-refractivity contribution is 1.14. The zero-order valence-electron chi connectivity index (χ0n) is 23.6. The molecule has 0 N–H and O–H groups in total. The highest BCUT2D eigenvalue weighted by Gasteiger charge is 2.42. The molecule has 1 aliphatic heterocycles. The van der Waals surface area contributed by atoms with E-state index in [1.165, 1.54) is 38.2 Å². The highest BCUT2D eigenvalue weighted by Crippen LogP contribution is 2.38. The summed E-state index contributed by atoms with van der Waals surface area (Å²) in [7, 11) is -1.97. The van der Waals surface area contributed by atoms with Crippen LogP contribution in [0.15, 0.2) is 140 Å². The molecule has 0 saturated carbocycles. The minimum absolute atomic E-state index is 0.744. The van der Waals surface area contributed by atoms with Crippen molar-refractivity contribution < 1.29 is 0 Å². The van der Waals surface area contributed by atoms with Gasteiger partial charge in [-0.05, 0) is 46.3 Å². The van der Waals surface area contributed by atoms with Crippen molar-refractivity contribution in [2.75, 3.05) is 0 Å². The summed E-state index contributed by atoms with van der Waals surface area (Å²) in [6.45, 7) is 4.97. The van der Waals surface area contributed by atoms with Gasteiger partial charge in [0.25, 0.3) is 0 Å². The Morgan fingerprint density at radius 1 is 0.548 bits per heavy atom. The van der Waals surface area contributed by atoms with Crippen LogP contribution in [-0.2, 0) is 0 Å². The number of aromatic nitrogens is 3. The van der Waals surface area contributed by atoms with Crippen molar-refractivity contribution in [2.45, 2.75) is 13.1 Å². The molecule has 8 rings (SSSR count). The quantitative estimate of drug-likeness (QED) is 0.205. The van der Waals surface area contributed by atoms with Crippen molar-refractivity contribution in [1.82, 2.24) is 14.5 Å². The molecule has 3 nitrogen and oxygen atoms in total. The Morgan fingerprint density at radius 2 is 1.12 bits per heavy atom. The molecule has 7 aromatic rings. The topological polar surface area (TPSA) is 30.7 Å². The van der Waals surface area contributed by atoms with Gasteiger partial charge in [0, 0.05) is 27.8 Å². The molecule has 0 radical (unpaired) electrons. The minimum Gasteiger partial charge on any atom is -0.309 e. The molecule has 200 valence electrons. The van der Waals surface area contributed by atoms with Gasteiger partial charge in [0.05, 0.1) is 22.6 Å². The van der Waals surface area contributed by atoms with Crippen LogP contribution in [-0.4, -0.2) is 22.6 Å². The molecule has 0 bridgehead atoms. The fourth-order valence-corrected chi connectivity index (χ4v) is 9.98. The van der Waals surface area contributed by atoms with Gasteiger partial charge >= 0.3 is 0 Å². The van der Waals surface area contributed by atoms with Crippen molar-refractivity contribution >= 4 is 29.4 Å². The Labute approximate surface area is 246 Å². The van der Waals surface area contributed by atoms with Crippen molar-refractivity contribution in [1.29, 1.82) is 0 Å². The molecule has 1 aliphatic rings. The largest absolute Gasteiger partial charge is 0.309 e. The van der Waals surface area contributed by atoms with Crippen LogP contribution in [0.5, 0.6) is 0 Å². The lowest BCUT2D eigenvalue weighted by Crippen LogP contribution is -2.49. The summed E-state index contributed by atoms with van der Waals surface area (Å²) in [4.78, 5) is 10.3. The van der Waals surface area contributed by atoms with E-state index in [9.17, 15) is 0 Å². The Balaban J connectivity index is 1.38. The molecule has 0 unspecified atom stereocenters. The van der Waals surface area contributed by atoms with E-state index < -0.39 is 8.07 Å². The maximum atomic E-state index is 5.13. The predicted molar refractivity (Wildman–Crippen MR) is 177 cm³/mol. The van der Waals surface area contributed by atoms with Crippen molar-refractivity contribution in [3.8, 4) is 50.8 Å². The Kier molecular flexibility index (Phi) is 5.59. The van der Waals surface area contributed by atoms with Gasteiger partial charge in [-0.3, -0.25) is 0 Å². The van der Waals surface area contributed by atoms with Gasteiger partial charge in [-0.2, -0.15) is 0 Å². The zero-order chi connectivity index (χ0) is 28.3. The second-order valence-corrected chi connectivity index (χ2v) is 15.8. The third kappa shape index (κ3) is 3.80. The molecule has 0 aliphatic carbocycles. The minimum atomic E-state index is -1.97. The van der Waals surface area contributed by atoms with Crippen LogP contribution in [0.2, 0.25) is 13.1 Å². The number of fused-ring (bicyclic) bond motifs is 5. The summed E-state index contributed by atoms with van der Waals surface area (Å²) in [6, 6.07) is 49.4. The van der Waals surface area contributed by atoms with Gasteiger partial charge in [0.1, 0.15) is 8.07 Å². The van der Waals surface area contributed by atoms with Crippen molar-refractivity contribution in [3.63, 3.8) is 0 Å². The van der Waals surface area contributed by atoms with Gasteiger partial charge in [-0.1, -0.05) is 122 Å². The molecular formula is C38H29N3Si. The number of nitrogens with zero attached hydrogens (tertiary/aromatic N) is 3. The van der Waals surface area contributed by atoms with E-state index in [1.54, 1.807) is 0 Å². The van der Waals surface area contributed by atoms with Crippen LogP contribution >= 0.6 is 0 Å². The first-order chi connectivity index (χ1) is 20.6. The van der Waals surface area contributed by atoms with Gasteiger partial charge in [-0.25, -0.2) is 9.97 Å². The van der Waals surface area contributed by atoms with Gasteiger partial charge in [-0.15, -0.1) is 0 Å². The standard InChI is InChI=1S/C38H29N3Si/c1-42(2)35-23-22-28(38-39-32(26-14-6-3-7-15-26)25-33(40-38)27-16-8-4-9-17-27)24-31(35)36-37(42)30-20-12-13-21-34(30)41(36)29-18-10-5-11-19-29/h3-25H,1-2H3. The van der Waals surface area contributed by atoms with Crippen molar-refractivity contribution in [2.24, 2.45) is 0 Å². The summed E-state index contributed by atoms with van der Waals surface area (Å²) in [5.74, 6) is 0.744. The van der Waals surface area contributed by atoms with Crippen LogP contribution < -0.4 is 10.4 Å². The van der Waals surface area contributed by atoms with Gasteiger partial charge < -0.3 is 4.57 Å². The second kappa shape index (κ2) is 9.50. The number of para-hydroxylation sites is 2. The van der Waals surface area contributed by atoms with Crippen LogP contribution in [0.25, 0.3) is 61.8 Å². The van der Waals surface area contributed by atoms with Crippen molar-refractivity contribution in [3.05, 3.63) is 140 Å². The third-order valence-corrected chi connectivity index (χ3v) is 12.1. The highest BCUT2D eigenvalue weighted by molar-refractivity contribution is 7.05. The van der Waals surface area contributed by atoms with Gasteiger partial charge in [0.2, 0.25) is 0 Å². The first kappa shape index (κ1) is 24.7. The van der Waals surface area contributed by atoms with Crippen LogP contribution in [0.3, 0.4) is 0 Å². The Bertz CT molecular complexity index is 2040. The molecule has 2 aromatic heterocycles. The van der Waals surface area contributed by atoms with E-state index in [2.05, 4.69) is 145 Å². The molecule has 0 saturated heterocycles. The van der Waals surface area contributed by atoms with Crippen LogP contribution in [0.1, 0.15) is 0 Å². The lowest BCUT2D eigenvalue weighted by Gasteiger charge is -2.19. The average Bonchev–Trinajstić information content (AvgIpc) is 3.52. The molecule has 5 aromatic carbocycles. The summed E-state index contributed by atoms with van der Waals surface area (Å²) < 4.78 is 2.46. The molecular weight excluding hydrogens is 527 g/mol.